The zero-order valence-corrected chi connectivity index (χ0v) is 12.9. The molecule has 1 heterocycles. The van der Waals surface area contributed by atoms with Gasteiger partial charge in [-0.3, -0.25) is 0 Å². The molecule has 0 saturated carbocycles. The molecule has 0 bridgehead atoms. The van der Waals surface area contributed by atoms with Crippen LogP contribution in [0.15, 0.2) is 30.5 Å². The Kier molecular flexibility index (Phi) is 5.62. The van der Waals surface area contributed by atoms with Gasteiger partial charge in [-0.15, -0.1) is 0 Å². The Hall–Kier alpha value is -1.32. The third-order valence-electron chi connectivity index (χ3n) is 3.34. The van der Waals surface area contributed by atoms with E-state index in [1.165, 1.54) is 16.5 Å². The summed E-state index contributed by atoms with van der Waals surface area (Å²) in [7, 11) is 0. The van der Waals surface area contributed by atoms with Gasteiger partial charge < -0.3 is 14.6 Å². The molecule has 0 unspecified atom stereocenters. The Morgan fingerprint density at radius 1 is 1.25 bits per heavy atom. The molecule has 1 aromatic carbocycles. The van der Waals surface area contributed by atoms with E-state index in [1.54, 1.807) is 0 Å². The predicted molar refractivity (Wildman–Crippen MR) is 85.0 cm³/mol. The summed E-state index contributed by atoms with van der Waals surface area (Å²) in [5.74, 6) is 0.602. The van der Waals surface area contributed by atoms with Crippen molar-refractivity contribution in [2.45, 2.75) is 33.9 Å². The molecule has 3 nitrogen and oxygen atoms in total. The van der Waals surface area contributed by atoms with Gasteiger partial charge in [0.05, 0.1) is 6.61 Å². The van der Waals surface area contributed by atoms with Gasteiger partial charge >= 0.3 is 0 Å². The first-order valence-corrected chi connectivity index (χ1v) is 7.57. The number of rotatable bonds is 8. The summed E-state index contributed by atoms with van der Waals surface area (Å²) < 4.78 is 7.93. The molecule has 1 aromatic heterocycles. The summed E-state index contributed by atoms with van der Waals surface area (Å²) in [5, 5.41) is 4.67. The fourth-order valence-corrected chi connectivity index (χ4v) is 2.31. The SMILES string of the molecule is CCNCc1ccc2c(ccn2CCOCC(C)C)c1. The van der Waals surface area contributed by atoms with E-state index >= 15 is 0 Å². The number of fused-ring (bicyclic) bond motifs is 1. The molecule has 0 aliphatic carbocycles. The van der Waals surface area contributed by atoms with Crippen molar-refractivity contribution in [3.05, 3.63) is 36.0 Å². The highest BCUT2D eigenvalue weighted by Gasteiger charge is 2.02. The maximum atomic E-state index is 5.66. The van der Waals surface area contributed by atoms with Crippen molar-refractivity contribution >= 4 is 10.9 Å². The molecule has 0 saturated heterocycles. The Bertz CT molecular complexity index is 531. The number of benzene rings is 1. The van der Waals surface area contributed by atoms with Gasteiger partial charge in [0, 0.05) is 31.4 Å². The highest BCUT2D eigenvalue weighted by Crippen LogP contribution is 2.17. The normalized spacial score (nSPS) is 11.6. The van der Waals surface area contributed by atoms with Crippen LogP contribution in [0.4, 0.5) is 0 Å². The lowest BCUT2D eigenvalue weighted by atomic mass is 10.1. The van der Waals surface area contributed by atoms with E-state index in [9.17, 15) is 0 Å². The molecule has 2 aromatic rings. The second-order valence-electron chi connectivity index (χ2n) is 5.65. The van der Waals surface area contributed by atoms with E-state index in [0.717, 1.165) is 32.8 Å². The summed E-state index contributed by atoms with van der Waals surface area (Å²) in [6, 6.07) is 8.87. The Labute approximate surface area is 121 Å². The van der Waals surface area contributed by atoms with Gasteiger partial charge in [-0.25, -0.2) is 0 Å². The summed E-state index contributed by atoms with van der Waals surface area (Å²) >= 11 is 0. The van der Waals surface area contributed by atoms with Gasteiger partial charge in [0.15, 0.2) is 0 Å². The minimum Gasteiger partial charge on any atom is -0.379 e. The van der Waals surface area contributed by atoms with Crippen molar-refractivity contribution in [3.63, 3.8) is 0 Å². The number of nitrogens with zero attached hydrogens (tertiary/aromatic N) is 1. The molecular formula is C17H26N2O. The maximum Gasteiger partial charge on any atom is 0.0645 e. The van der Waals surface area contributed by atoms with Crippen LogP contribution in [0, 0.1) is 5.92 Å². The van der Waals surface area contributed by atoms with Crippen LogP contribution in [0.5, 0.6) is 0 Å². The van der Waals surface area contributed by atoms with E-state index in [0.29, 0.717) is 5.92 Å². The topological polar surface area (TPSA) is 26.2 Å². The number of nitrogens with one attached hydrogen (secondary N) is 1. The molecule has 0 fully saturated rings. The van der Waals surface area contributed by atoms with Crippen LogP contribution in [0.1, 0.15) is 26.3 Å². The lowest BCUT2D eigenvalue weighted by molar-refractivity contribution is 0.104. The van der Waals surface area contributed by atoms with Crippen molar-refractivity contribution in [3.8, 4) is 0 Å². The van der Waals surface area contributed by atoms with E-state index in [2.05, 4.69) is 61.1 Å². The van der Waals surface area contributed by atoms with E-state index in [-0.39, 0.29) is 0 Å². The second-order valence-corrected chi connectivity index (χ2v) is 5.65. The van der Waals surface area contributed by atoms with Crippen molar-refractivity contribution in [1.29, 1.82) is 0 Å². The first kappa shape index (κ1) is 15.1. The van der Waals surface area contributed by atoms with Crippen molar-refractivity contribution < 1.29 is 4.74 Å². The fourth-order valence-electron chi connectivity index (χ4n) is 2.31. The number of hydrogen-bond acceptors (Lipinski definition) is 2. The fraction of sp³-hybridized carbons (Fsp3) is 0.529. The van der Waals surface area contributed by atoms with Crippen LogP contribution in [-0.4, -0.2) is 24.3 Å². The van der Waals surface area contributed by atoms with E-state index in [1.807, 2.05) is 0 Å². The average molecular weight is 274 g/mol. The minimum absolute atomic E-state index is 0.602. The molecule has 1 N–H and O–H groups in total. The van der Waals surface area contributed by atoms with Gasteiger partial charge in [0.25, 0.3) is 0 Å². The zero-order valence-electron chi connectivity index (χ0n) is 12.9. The van der Waals surface area contributed by atoms with Gasteiger partial charge in [-0.1, -0.05) is 26.8 Å². The molecule has 20 heavy (non-hydrogen) atoms. The van der Waals surface area contributed by atoms with Crippen molar-refractivity contribution in [1.82, 2.24) is 9.88 Å². The highest BCUT2D eigenvalue weighted by atomic mass is 16.5. The Morgan fingerprint density at radius 2 is 2.10 bits per heavy atom. The van der Waals surface area contributed by atoms with Gasteiger partial charge in [-0.2, -0.15) is 0 Å². The van der Waals surface area contributed by atoms with Crippen LogP contribution in [-0.2, 0) is 17.8 Å². The lowest BCUT2D eigenvalue weighted by Crippen LogP contribution is -2.11. The molecular weight excluding hydrogens is 248 g/mol. The second kappa shape index (κ2) is 7.46. The molecule has 0 amide bonds. The summed E-state index contributed by atoms with van der Waals surface area (Å²) in [6.45, 7) is 11.0. The third-order valence-corrected chi connectivity index (χ3v) is 3.34. The van der Waals surface area contributed by atoms with Gasteiger partial charge in [0.1, 0.15) is 0 Å². The third kappa shape index (κ3) is 4.09. The van der Waals surface area contributed by atoms with Crippen molar-refractivity contribution in [2.24, 2.45) is 5.92 Å². The standard InChI is InChI=1S/C17H26N2O/c1-4-18-12-15-5-6-17-16(11-15)7-8-19(17)9-10-20-13-14(2)3/h5-8,11,14,18H,4,9-10,12-13H2,1-3H3. The monoisotopic (exact) mass is 274 g/mol. The smallest absolute Gasteiger partial charge is 0.0645 e. The van der Waals surface area contributed by atoms with Crippen molar-refractivity contribution in [2.75, 3.05) is 19.8 Å². The first-order valence-electron chi connectivity index (χ1n) is 7.57. The number of aromatic nitrogens is 1. The van der Waals surface area contributed by atoms with E-state index < -0.39 is 0 Å². The highest BCUT2D eigenvalue weighted by molar-refractivity contribution is 5.80. The molecule has 0 spiro atoms. The van der Waals surface area contributed by atoms with Crippen LogP contribution >= 0.6 is 0 Å². The zero-order chi connectivity index (χ0) is 14.4. The quantitative estimate of drug-likeness (QED) is 0.746. The number of ether oxygens (including phenoxy) is 1. The first-order chi connectivity index (χ1) is 9.70. The molecule has 3 heteroatoms. The predicted octanol–water partition coefficient (Wildman–Crippen LogP) is 3.42. The molecule has 0 aliphatic heterocycles. The summed E-state index contributed by atoms with van der Waals surface area (Å²) in [6.07, 6.45) is 2.15. The Balaban J connectivity index is 1.97. The van der Waals surface area contributed by atoms with Gasteiger partial charge in [0.2, 0.25) is 0 Å². The van der Waals surface area contributed by atoms with Crippen LogP contribution in [0.25, 0.3) is 10.9 Å². The lowest BCUT2D eigenvalue weighted by Gasteiger charge is -2.09. The van der Waals surface area contributed by atoms with Crippen LogP contribution in [0.2, 0.25) is 0 Å². The number of hydrogen-bond donors (Lipinski definition) is 1. The summed E-state index contributed by atoms with van der Waals surface area (Å²) in [5.41, 5.74) is 2.63. The largest absolute Gasteiger partial charge is 0.379 e. The van der Waals surface area contributed by atoms with Crippen LogP contribution in [0.3, 0.4) is 0 Å². The Morgan fingerprint density at radius 3 is 2.85 bits per heavy atom. The maximum absolute atomic E-state index is 5.66. The molecule has 0 atom stereocenters. The summed E-state index contributed by atoms with van der Waals surface area (Å²) in [4.78, 5) is 0. The molecule has 110 valence electrons. The average Bonchev–Trinajstić information content (AvgIpc) is 2.83. The molecule has 2 rings (SSSR count). The van der Waals surface area contributed by atoms with Gasteiger partial charge in [-0.05, 0) is 41.6 Å². The van der Waals surface area contributed by atoms with E-state index in [4.69, 9.17) is 4.74 Å². The minimum atomic E-state index is 0.602. The molecule has 0 radical (unpaired) electrons. The van der Waals surface area contributed by atoms with Crippen LogP contribution < -0.4 is 5.32 Å². The molecule has 0 aliphatic rings.